The van der Waals surface area contributed by atoms with Crippen molar-refractivity contribution in [2.45, 2.75) is 235 Å². The zero-order valence-electron chi connectivity index (χ0n) is 46.4. The van der Waals surface area contributed by atoms with Gasteiger partial charge in [0.1, 0.15) is 39.6 Å². The molecule has 1 N–H and O–H groups in total. The first-order valence-corrected chi connectivity index (χ1v) is 27.7. The molecule has 400 valence electrons. The second kappa shape index (κ2) is 24.9. The summed E-state index contributed by atoms with van der Waals surface area (Å²) >= 11 is 0. The molecule has 1 heterocycles. The molecule has 0 unspecified atom stereocenters. The zero-order chi connectivity index (χ0) is 54.6. The number of hydrogen-bond donors (Lipinski definition) is 1. The van der Waals surface area contributed by atoms with Crippen molar-refractivity contribution in [2.24, 2.45) is 0 Å². The van der Waals surface area contributed by atoms with Crippen molar-refractivity contribution in [2.75, 3.05) is 27.9 Å². The van der Waals surface area contributed by atoms with Crippen LogP contribution in [0.1, 0.15) is 169 Å². The predicted octanol–water partition coefficient (Wildman–Crippen LogP) is 11.9. The second-order valence-electron chi connectivity index (χ2n) is 24.1. The number of nitrogens with one attached hydrogen (secondary N) is 1. The van der Waals surface area contributed by atoms with Crippen LogP contribution in [-0.4, -0.2) is 113 Å². The Morgan fingerprint density at radius 1 is 0.514 bits per heavy atom. The zero-order valence-corrected chi connectivity index (χ0v) is 47.4. The van der Waals surface area contributed by atoms with Crippen molar-refractivity contribution in [1.29, 1.82) is 0 Å². The monoisotopic (exact) mass is 1010 g/mol. The lowest BCUT2D eigenvalue weighted by atomic mass is 10.1. The van der Waals surface area contributed by atoms with Crippen LogP contribution in [0.2, 0.25) is 25.7 Å². The first-order chi connectivity index (χ1) is 31.4. The molecule has 0 aromatic carbocycles. The van der Waals surface area contributed by atoms with E-state index in [0.717, 1.165) is 25.3 Å². The standard InChI is InChI=1S/C49H86N6O14Si/c1-23-24-25-28-33(36(56)63-30-31-70(20,21)22)50-29-26-27-32-34(53(38(57)64-44(2,3)4)39(58)65-45(5,6)7)51-37(55(42(61)68-48(14,15)16)43(62)69-49(17,18)19)52-35(32)54(40(59)66-46(8,9)10)41(60)67-47(11,12)13/h33,50H,23-31H2,1-22H3/t33-/m0/s1. The molecule has 0 bridgehead atoms. The molecule has 21 heteroatoms. The van der Waals surface area contributed by atoms with Gasteiger partial charge < -0.3 is 38.5 Å². The fourth-order valence-electron chi connectivity index (χ4n) is 5.72. The van der Waals surface area contributed by atoms with Crippen LogP contribution in [0.5, 0.6) is 0 Å². The van der Waals surface area contributed by atoms with Crippen LogP contribution in [0.15, 0.2) is 0 Å². The number of carbonyl (C=O) groups is 7. The Hall–Kier alpha value is -5.05. The van der Waals surface area contributed by atoms with Gasteiger partial charge in [-0.25, -0.2) is 28.8 Å². The Morgan fingerprint density at radius 2 is 0.843 bits per heavy atom. The molecule has 1 aromatic rings. The first kappa shape index (κ1) is 63.0. The van der Waals surface area contributed by atoms with Crippen LogP contribution >= 0.6 is 0 Å². The molecule has 70 heavy (non-hydrogen) atoms. The summed E-state index contributed by atoms with van der Waals surface area (Å²) in [5.41, 5.74) is -7.69. The third kappa shape index (κ3) is 24.2. The van der Waals surface area contributed by atoms with Crippen molar-refractivity contribution in [1.82, 2.24) is 15.3 Å². The van der Waals surface area contributed by atoms with E-state index in [1.54, 1.807) is 83.1 Å². The maximum absolute atomic E-state index is 14.5. The van der Waals surface area contributed by atoms with Gasteiger partial charge in [-0.2, -0.15) is 19.8 Å². The van der Waals surface area contributed by atoms with Gasteiger partial charge in [0.2, 0.25) is 5.95 Å². The van der Waals surface area contributed by atoms with Gasteiger partial charge in [-0.15, -0.1) is 4.90 Å². The van der Waals surface area contributed by atoms with E-state index < -0.39 is 108 Å². The van der Waals surface area contributed by atoms with E-state index >= 15 is 0 Å². The van der Waals surface area contributed by atoms with E-state index in [2.05, 4.69) is 34.9 Å². The van der Waals surface area contributed by atoms with Gasteiger partial charge >= 0.3 is 42.5 Å². The molecule has 0 saturated heterocycles. The molecule has 0 radical (unpaired) electrons. The van der Waals surface area contributed by atoms with Gasteiger partial charge in [0.25, 0.3) is 0 Å². The quantitative estimate of drug-likeness (QED) is 0.0702. The molecule has 1 aromatic heterocycles. The average Bonchev–Trinajstić information content (AvgIpc) is 3.08. The van der Waals surface area contributed by atoms with Crippen molar-refractivity contribution in [3.63, 3.8) is 0 Å². The largest absolute Gasteiger partial charge is 0.465 e. The summed E-state index contributed by atoms with van der Waals surface area (Å²) < 4.78 is 40.0. The summed E-state index contributed by atoms with van der Waals surface area (Å²) in [5, 5.41) is 3.28. The van der Waals surface area contributed by atoms with Gasteiger partial charge in [0.05, 0.1) is 6.61 Å². The summed E-state index contributed by atoms with van der Waals surface area (Å²) in [7, 11) is -1.52. The summed E-state index contributed by atoms with van der Waals surface area (Å²) in [4.78, 5) is 110. The summed E-state index contributed by atoms with van der Waals surface area (Å²) in [6.45, 7) is 36.8. The maximum atomic E-state index is 14.5. The van der Waals surface area contributed by atoms with Crippen LogP contribution in [0.4, 0.5) is 46.4 Å². The lowest BCUT2D eigenvalue weighted by Gasteiger charge is -2.33. The van der Waals surface area contributed by atoms with Crippen molar-refractivity contribution < 1.29 is 66.7 Å². The molecule has 1 atom stereocenters. The SMILES string of the molecule is CCCCC[C@H](NCCCc1c(N(C(=O)OC(C)(C)C)C(=O)OC(C)(C)C)nc(N(C(=O)OC(C)(C)C)C(=O)OC(C)(C)C)nc1N(C(=O)OC(C)(C)C)C(=O)OC(C)(C)C)C(=O)OCC[Si](C)(C)C. The molecular formula is C49H86N6O14Si. The Kier molecular flexibility index (Phi) is 22.4. The van der Waals surface area contributed by atoms with E-state index in [4.69, 9.17) is 33.2 Å². The Balaban J connectivity index is 4.72. The van der Waals surface area contributed by atoms with E-state index in [0.29, 0.717) is 21.1 Å². The second-order valence-corrected chi connectivity index (χ2v) is 29.7. The number of imide groups is 3. The minimum atomic E-state index is -1.52. The molecule has 0 aliphatic carbocycles. The number of ether oxygens (including phenoxy) is 7. The van der Waals surface area contributed by atoms with Gasteiger partial charge in [-0.05, 0) is 156 Å². The fraction of sp³-hybridized carbons (Fsp3) is 0.776. The molecule has 0 aliphatic rings. The minimum Gasteiger partial charge on any atom is -0.465 e. The van der Waals surface area contributed by atoms with Crippen LogP contribution in [0.25, 0.3) is 0 Å². The van der Waals surface area contributed by atoms with E-state index in [1.165, 1.54) is 41.5 Å². The number of rotatable bonds is 16. The number of nitrogens with zero attached hydrogens (tertiary/aromatic N) is 5. The van der Waals surface area contributed by atoms with E-state index in [1.807, 2.05) is 6.92 Å². The third-order valence-corrected chi connectivity index (χ3v) is 10.2. The van der Waals surface area contributed by atoms with Crippen LogP contribution in [-0.2, 0) is 44.4 Å². The number of amides is 6. The van der Waals surface area contributed by atoms with Crippen LogP contribution in [0.3, 0.4) is 0 Å². The lowest BCUT2D eigenvalue weighted by Crippen LogP contribution is -2.48. The number of esters is 1. The number of carbonyl (C=O) groups excluding carboxylic acids is 7. The smallest absolute Gasteiger partial charge is 0.427 e. The third-order valence-electron chi connectivity index (χ3n) is 8.50. The molecule has 1 rings (SSSR count). The normalized spacial score (nSPS) is 13.1. The van der Waals surface area contributed by atoms with Crippen molar-refractivity contribution >= 4 is 68.2 Å². The van der Waals surface area contributed by atoms with Crippen LogP contribution in [0, 0.1) is 0 Å². The number of aromatic nitrogens is 2. The highest BCUT2D eigenvalue weighted by atomic mass is 28.3. The van der Waals surface area contributed by atoms with Crippen LogP contribution < -0.4 is 20.0 Å². The molecule has 0 fully saturated rings. The first-order valence-electron chi connectivity index (χ1n) is 24.0. The fourth-order valence-corrected chi connectivity index (χ4v) is 6.44. The molecule has 6 amide bonds. The van der Waals surface area contributed by atoms with Crippen molar-refractivity contribution in [3.05, 3.63) is 5.56 Å². The number of unbranched alkanes of at least 4 members (excludes halogenated alkanes) is 2. The highest BCUT2D eigenvalue weighted by Gasteiger charge is 2.44. The molecule has 0 spiro atoms. The Morgan fingerprint density at radius 3 is 1.14 bits per heavy atom. The van der Waals surface area contributed by atoms with Gasteiger partial charge in [0, 0.05) is 13.6 Å². The topological polar surface area (TPSA) is 232 Å². The average molecular weight is 1010 g/mol. The number of anilines is 3. The van der Waals surface area contributed by atoms with E-state index in [9.17, 15) is 33.6 Å². The minimum absolute atomic E-state index is 0.0595. The Labute approximate surface area is 417 Å². The Bertz CT molecular complexity index is 1810. The highest BCUT2D eigenvalue weighted by molar-refractivity contribution is 6.76. The summed E-state index contributed by atoms with van der Waals surface area (Å²) in [6.07, 6.45) is -5.32. The van der Waals surface area contributed by atoms with Crippen molar-refractivity contribution in [3.8, 4) is 0 Å². The molecule has 20 nitrogen and oxygen atoms in total. The summed E-state index contributed by atoms with van der Waals surface area (Å²) in [5.74, 6) is -2.69. The van der Waals surface area contributed by atoms with E-state index in [-0.39, 0.29) is 31.6 Å². The van der Waals surface area contributed by atoms with Gasteiger partial charge in [0.15, 0.2) is 11.6 Å². The van der Waals surface area contributed by atoms with Gasteiger partial charge in [-0.1, -0.05) is 45.8 Å². The molecule has 0 saturated carbocycles. The number of hydrogen-bond acceptors (Lipinski definition) is 17. The lowest BCUT2D eigenvalue weighted by molar-refractivity contribution is -0.145. The highest BCUT2D eigenvalue weighted by Crippen LogP contribution is 2.36. The predicted molar refractivity (Wildman–Crippen MR) is 270 cm³/mol. The maximum Gasteiger partial charge on any atom is 0.427 e. The molecular weight excluding hydrogens is 925 g/mol. The van der Waals surface area contributed by atoms with Gasteiger partial charge in [-0.3, -0.25) is 4.79 Å². The molecule has 0 aliphatic heterocycles. The summed E-state index contributed by atoms with van der Waals surface area (Å²) in [6, 6.07) is 0.0702.